The Kier molecular flexibility index (Phi) is 5.65. The number of carboxylic acids is 1. The minimum absolute atomic E-state index is 0.299. The van der Waals surface area contributed by atoms with Gasteiger partial charge in [-0.3, -0.25) is 4.79 Å². The molecule has 0 bridgehead atoms. The van der Waals surface area contributed by atoms with Crippen LogP contribution in [0.5, 0.6) is 0 Å². The summed E-state index contributed by atoms with van der Waals surface area (Å²) in [6.45, 7) is 4.44. The second-order valence-corrected chi connectivity index (χ2v) is 4.47. The van der Waals surface area contributed by atoms with E-state index in [1.807, 2.05) is 0 Å². The van der Waals surface area contributed by atoms with Gasteiger partial charge in [-0.2, -0.15) is 0 Å². The van der Waals surface area contributed by atoms with Crippen molar-refractivity contribution in [3.8, 4) is 0 Å². The number of aliphatic carboxylic acids is 1. The highest BCUT2D eigenvalue weighted by atomic mass is 16.4. The molecule has 1 atom stereocenters. The molecule has 0 aromatic rings. The highest BCUT2D eigenvalue weighted by Crippen LogP contribution is 2.12. The van der Waals surface area contributed by atoms with Gasteiger partial charge in [0.2, 0.25) is 0 Å². The molecule has 1 heterocycles. The van der Waals surface area contributed by atoms with Gasteiger partial charge in [0.15, 0.2) is 0 Å². The monoisotopic (exact) mass is 214 g/mol. The SMILES string of the molecule is CN1CCC(CNCCCCC(=O)O)C1. The maximum atomic E-state index is 10.3. The fourth-order valence-corrected chi connectivity index (χ4v) is 2.03. The Hall–Kier alpha value is -0.610. The first-order chi connectivity index (χ1) is 7.18. The molecule has 1 aliphatic heterocycles. The molecule has 2 N–H and O–H groups in total. The summed E-state index contributed by atoms with van der Waals surface area (Å²) in [5.74, 6) is 0.0990. The molecule has 4 heteroatoms. The number of nitrogens with zero attached hydrogens (tertiary/aromatic N) is 1. The van der Waals surface area contributed by atoms with Crippen molar-refractivity contribution in [3.05, 3.63) is 0 Å². The van der Waals surface area contributed by atoms with Crippen LogP contribution in [0.1, 0.15) is 25.7 Å². The highest BCUT2D eigenvalue weighted by Gasteiger charge is 2.18. The Labute approximate surface area is 91.6 Å². The summed E-state index contributed by atoms with van der Waals surface area (Å²) in [5.41, 5.74) is 0. The van der Waals surface area contributed by atoms with E-state index in [1.165, 1.54) is 19.5 Å². The summed E-state index contributed by atoms with van der Waals surface area (Å²) < 4.78 is 0. The third-order valence-electron chi connectivity index (χ3n) is 2.92. The van der Waals surface area contributed by atoms with Gasteiger partial charge in [0.25, 0.3) is 0 Å². The lowest BCUT2D eigenvalue weighted by atomic mass is 10.1. The third-order valence-corrected chi connectivity index (χ3v) is 2.92. The number of hydrogen-bond acceptors (Lipinski definition) is 3. The summed E-state index contributed by atoms with van der Waals surface area (Å²) in [5, 5.41) is 11.8. The van der Waals surface area contributed by atoms with E-state index in [4.69, 9.17) is 5.11 Å². The summed E-state index contributed by atoms with van der Waals surface area (Å²) >= 11 is 0. The number of unbranched alkanes of at least 4 members (excludes halogenated alkanes) is 1. The van der Waals surface area contributed by atoms with Crippen molar-refractivity contribution in [2.24, 2.45) is 5.92 Å². The van der Waals surface area contributed by atoms with Gasteiger partial charge in [-0.15, -0.1) is 0 Å². The molecule has 0 spiro atoms. The lowest BCUT2D eigenvalue weighted by Gasteiger charge is -2.11. The van der Waals surface area contributed by atoms with Gasteiger partial charge in [0.05, 0.1) is 0 Å². The molecule has 0 aromatic carbocycles. The normalized spacial score (nSPS) is 22.1. The Balaban J connectivity index is 1.87. The van der Waals surface area contributed by atoms with Crippen molar-refractivity contribution in [1.29, 1.82) is 0 Å². The van der Waals surface area contributed by atoms with Crippen LogP contribution in [0.2, 0.25) is 0 Å². The van der Waals surface area contributed by atoms with Crippen LogP contribution in [0.3, 0.4) is 0 Å². The van der Waals surface area contributed by atoms with Crippen LogP contribution in [-0.4, -0.2) is 49.2 Å². The average molecular weight is 214 g/mol. The zero-order valence-corrected chi connectivity index (χ0v) is 9.54. The predicted molar refractivity (Wildman–Crippen MR) is 60.0 cm³/mol. The molecule has 4 nitrogen and oxygen atoms in total. The molecule has 1 aliphatic rings. The van der Waals surface area contributed by atoms with Crippen LogP contribution < -0.4 is 5.32 Å². The first kappa shape index (κ1) is 12.5. The number of hydrogen-bond donors (Lipinski definition) is 2. The van der Waals surface area contributed by atoms with Crippen LogP contribution in [-0.2, 0) is 4.79 Å². The zero-order chi connectivity index (χ0) is 11.1. The lowest BCUT2D eigenvalue weighted by Crippen LogP contribution is -2.25. The molecular weight excluding hydrogens is 192 g/mol. The number of likely N-dealkylation sites (tertiary alicyclic amines) is 1. The average Bonchev–Trinajstić information content (AvgIpc) is 2.57. The summed E-state index contributed by atoms with van der Waals surface area (Å²) in [4.78, 5) is 12.6. The Morgan fingerprint density at radius 2 is 2.33 bits per heavy atom. The third kappa shape index (κ3) is 5.74. The van der Waals surface area contributed by atoms with Gasteiger partial charge < -0.3 is 15.3 Å². The first-order valence-corrected chi connectivity index (χ1v) is 5.79. The fraction of sp³-hybridized carbons (Fsp3) is 0.909. The van der Waals surface area contributed by atoms with Gasteiger partial charge >= 0.3 is 5.97 Å². The van der Waals surface area contributed by atoms with E-state index in [2.05, 4.69) is 17.3 Å². The maximum absolute atomic E-state index is 10.3. The van der Waals surface area contributed by atoms with Crippen LogP contribution >= 0.6 is 0 Å². The Bertz CT molecular complexity index is 197. The first-order valence-electron chi connectivity index (χ1n) is 5.79. The minimum Gasteiger partial charge on any atom is -0.481 e. The molecule has 0 saturated carbocycles. The van der Waals surface area contributed by atoms with Crippen LogP contribution in [0.4, 0.5) is 0 Å². The van der Waals surface area contributed by atoms with E-state index >= 15 is 0 Å². The van der Waals surface area contributed by atoms with Gasteiger partial charge in [0, 0.05) is 13.0 Å². The molecule has 0 radical (unpaired) electrons. The van der Waals surface area contributed by atoms with Gasteiger partial charge in [-0.05, 0) is 51.9 Å². The molecule has 0 amide bonds. The summed E-state index contributed by atoms with van der Waals surface area (Å²) in [7, 11) is 2.16. The van der Waals surface area contributed by atoms with E-state index in [9.17, 15) is 4.79 Å². The van der Waals surface area contributed by atoms with Crippen molar-refractivity contribution >= 4 is 5.97 Å². The Morgan fingerprint density at radius 3 is 2.93 bits per heavy atom. The van der Waals surface area contributed by atoms with Crippen molar-refractivity contribution < 1.29 is 9.90 Å². The number of rotatable bonds is 7. The Morgan fingerprint density at radius 1 is 1.53 bits per heavy atom. The van der Waals surface area contributed by atoms with E-state index in [1.54, 1.807) is 0 Å². The van der Waals surface area contributed by atoms with E-state index in [0.29, 0.717) is 6.42 Å². The molecular formula is C11H22N2O2. The maximum Gasteiger partial charge on any atom is 0.303 e. The van der Waals surface area contributed by atoms with Crippen molar-refractivity contribution in [2.75, 3.05) is 33.2 Å². The summed E-state index contributed by atoms with van der Waals surface area (Å²) in [6, 6.07) is 0. The second-order valence-electron chi connectivity index (χ2n) is 4.47. The van der Waals surface area contributed by atoms with E-state index in [0.717, 1.165) is 31.8 Å². The molecule has 88 valence electrons. The van der Waals surface area contributed by atoms with Crippen LogP contribution in [0.25, 0.3) is 0 Å². The second kappa shape index (κ2) is 6.80. The van der Waals surface area contributed by atoms with Gasteiger partial charge in [0.1, 0.15) is 0 Å². The molecule has 1 saturated heterocycles. The van der Waals surface area contributed by atoms with Crippen molar-refractivity contribution in [1.82, 2.24) is 10.2 Å². The van der Waals surface area contributed by atoms with Crippen LogP contribution in [0.15, 0.2) is 0 Å². The number of nitrogens with one attached hydrogen (secondary N) is 1. The standard InChI is InChI=1S/C11H22N2O2/c1-13-7-5-10(9-13)8-12-6-3-2-4-11(14)15/h10,12H,2-9H2,1H3,(H,14,15). The molecule has 0 aliphatic carbocycles. The van der Waals surface area contributed by atoms with Crippen molar-refractivity contribution in [3.63, 3.8) is 0 Å². The topological polar surface area (TPSA) is 52.6 Å². The molecule has 0 aromatic heterocycles. The smallest absolute Gasteiger partial charge is 0.303 e. The fourth-order valence-electron chi connectivity index (χ4n) is 2.03. The number of carbonyl (C=O) groups is 1. The highest BCUT2D eigenvalue weighted by molar-refractivity contribution is 5.66. The quantitative estimate of drug-likeness (QED) is 0.615. The van der Waals surface area contributed by atoms with E-state index in [-0.39, 0.29) is 0 Å². The molecule has 1 unspecified atom stereocenters. The van der Waals surface area contributed by atoms with E-state index < -0.39 is 5.97 Å². The molecule has 1 fully saturated rings. The minimum atomic E-state index is -0.688. The molecule has 1 rings (SSSR count). The van der Waals surface area contributed by atoms with Crippen LogP contribution in [0, 0.1) is 5.92 Å². The largest absolute Gasteiger partial charge is 0.481 e. The summed E-state index contributed by atoms with van der Waals surface area (Å²) in [6.07, 6.45) is 3.34. The zero-order valence-electron chi connectivity index (χ0n) is 9.54. The van der Waals surface area contributed by atoms with Crippen molar-refractivity contribution in [2.45, 2.75) is 25.7 Å². The van der Waals surface area contributed by atoms with Gasteiger partial charge in [-0.1, -0.05) is 0 Å². The number of carboxylic acid groups (broad SMARTS) is 1. The lowest BCUT2D eigenvalue weighted by molar-refractivity contribution is -0.137. The van der Waals surface area contributed by atoms with Gasteiger partial charge in [-0.25, -0.2) is 0 Å². The molecule has 15 heavy (non-hydrogen) atoms. The predicted octanol–water partition coefficient (Wildman–Crippen LogP) is 0.783.